The van der Waals surface area contributed by atoms with Crippen molar-refractivity contribution in [2.24, 2.45) is 10.9 Å². The lowest BCUT2D eigenvalue weighted by Crippen LogP contribution is -2.21. The molecule has 0 spiro atoms. The van der Waals surface area contributed by atoms with E-state index in [1.54, 1.807) is 0 Å². The molecule has 0 fully saturated rings. The number of hydrogen-bond acceptors (Lipinski definition) is 5. The zero-order valence-corrected chi connectivity index (χ0v) is 8.03. The van der Waals surface area contributed by atoms with Gasteiger partial charge >= 0.3 is 0 Å². The molecular formula is C8H14N4O2. The highest BCUT2D eigenvalue weighted by molar-refractivity contribution is 5.79. The minimum atomic E-state index is 0.214. The van der Waals surface area contributed by atoms with Crippen LogP contribution < -0.4 is 11.1 Å². The quantitative estimate of drug-likeness (QED) is 0.206. The van der Waals surface area contributed by atoms with E-state index in [4.69, 9.17) is 15.5 Å². The Morgan fingerprint density at radius 3 is 3.14 bits per heavy atom. The lowest BCUT2D eigenvalue weighted by molar-refractivity contribution is 0.316. The van der Waals surface area contributed by atoms with Gasteiger partial charge in [-0.25, -0.2) is 0 Å². The number of hydrogen-bond donors (Lipinski definition) is 3. The maximum Gasteiger partial charge on any atom is 0.150 e. The second-order valence-corrected chi connectivity index (χ2v) is 2.95. The van der Waals surface area contributed by atoms with Crippen molar-refractivity contribution in [3.8, 4) is 0 Å². The number of rotatable bonds is 5. The fourth-order valence-electron chi connectivity index (χ4n) is 0.978. The SMILES string of the molecule is Cc1cc(CNCCC(N)=NO)on1. The molecule has 1 aromatic heterocycles. The molecule has 0 radical (unpaired) electrons. The van der Waals surface area contributed by atoms with E-state index in [1.807, 2.05) is 13.0 Å². The maximum atomic E-state index is 8.26. The molecular weight excluding hydrogens is 184 g/mol. The highest BCUT2D eigenvalue weighted by atomic mass is 16.5. The summed E-state index contributed by atoms with van der Waals surface area (Å²) in [6.45, 7) is 3.10. The number of aryl methyl sites for hydroxylation is 1. The summed E-state index contributed by atoms with van der Waals surface area (Å²) in [5.74, 6) is 0.994. The number of nitrogens with two attached hydrogens (primary N) is 1. The summed E-state index contributed by atoms with van der Waals surface area (Å²) in [6.07, 6.45) is 0.504. The first-order valence-electron chi connectivity index (χ1n) is 4.31. The summed E-state index contributed by atoms with van der Waals surface area (Å²) in [6, 6.07) is 1.86. The molecule has 0 aliphatic heterocycles. The van der Waals surface area contributed by atoms with E-state index in [2.05, 4.69) is 15.6 Å². The summed E-state index contributed by atoms with van der Waals surface area (Å²) in [5, 5.41) is 17.9. The van der Waals surface area contributed by atoms with Crippen molar-refractivity contribution in [1.82, 2.24) is 10.5 Å². The van der Waals surface area contributed by atoms with E-state index in [0.717, 1.165) is 11.5 Å². The Morgan fingerprint density at radius 1 is 1.79 bits per heavy atom. The molecule has 1 aromatic rings. The molecule has 0 aromatic carbocycles. The summed E-state index contributed by atoms with van der Waals surface area (Å²) < 4.78 is 4.97. The Kier molecular flexibility index (Phi) is 3.93. The van der Waals surface area contributed by atoms with E-state index in [-0.39, 0.29) is 5.84 Å². The van der Waals surface area contributed by atoms with Gasteiger partial charge in [-0.1, -0.05) is 10.3 Å². The van der Waals surface area contributed by atoms with Crippen molar-refractivity contribution < 1.29 is 9.73 Å². The first kappa shape index (κ1) is 10.5. The molecule has 6 nitrogen and oxygen atoms in total. The largest absolute Gasteiger partial charge is 0.409 e. The monoisotopic (exact) mass is 198 g/mol. The van der Waals surface area contributed by atoms with E-state index < -0.39 is 0 Å². The third kappa shape index (κ3) is 3.44. The minimum Gasteiger partial charge on any atom is -0.409 e. The Bertz CT molecular complexity index is 308. The highest BCUT2D eigenvalue weighted by Crippen LogP contribution is 2.00. The number of aromatic nitrogens is 1. The topological polar surface area (TPSA) is 96.7 Å². The van der Waals surface area contributed by atoms with Crippen LogP contribution >= 0.6 is 0 Å². The van der Waals surface area contributed by atoms with Crippen molar-refractivity contribution in [3.63, 3.8) is 0 Å². The van der Waals surface area contributed by atoms with Crippen molar-refractivity contribution >= 4 is 5.84 Å². The predicted molar refractivity (Wildman–Crippen MR) is 51.0 cm³/mol. The molecule has 1 rings (SSSR count). The molecule has 0 bridgehead atoms. The molecule has 6 heteroatoms. The molecule has 0 aliphatic rings. The van der Waals surface area contributed by atoms with Gasteiger partial charge in [0, 0.05) is 19.0 Å². The van der Waals surface area contributed by atoms with Gasteiger partial charge in [0.05, 0.1) is 12.2 Å². The fourth-order valence-corrected chi connectivity index (χ4v) is 0.978. The van der Waals surface area contributed by atoms with Gasteiger partial charge in [0.2, 0.25) is 0 Å². The van der Waals surface area contributed by atoms with Crippen LogP contribution in [0.4, 0.5) is 0 Å². The molecule has 14 heavy (non-hydrogen) atoms. The van der Waals surface area contributed by atoms with Crippen molar-refractivity contribution in [1.29, 1.82) is 0 Å². The predicted octanol–water partition coefficient (Wildman–Crippen LogP) is 0.209. The first-order valence-corrected chi connectivity index (χ1v) is 4.31. The van der Waals surface area contributed by atoms with Gasteiger partial charge in [-0.3, -0.25) is 0 Å². The summed E-state index contributed by atoms with van der Waals surface area (Å²) >= 11 is 0. The molecule has 0 unspecified atom stereocenters. The zero-order valence-electron chi connectivity index (χ0n) is 8.03. The Hall–Kier alpha value is -1.56. The van der Waals surface area contributed by atoms with E-state index in [1.165, 1.54) is 0 Å². The molecule has 0 amide bonds. The Balaban J connectivity index is 2.16. The standard InChI is InChI=1S/C8H14N4O2/c1-6-4-7(14-12-6)5-10-3-2-8(9)11-13/h4,10,13H,2-3,5H2,1H3,(H2,9,11). The van der Waals surface area contributed by atoms with Gasteiger partial charge in [-0.15, -0.1) is 0 Å². The van der Waals surface area contributed by atoms with Crippen LogP contribution in [0.1, 0.15) is 17.9 Å². The highest BCUT2D eigenvalue weighted by Gasteiger charge is 1.99. The molecule has 78 valence electrons. The van der Waals surface area contributed by atoms with Crippen molar-refractivity contribution in [2.45, 2.75) is 19.9 Å². The van der Waals surface area contributed by atoms with Crippen LogP contribution in [-0.2, 0) is 6.54 Å². The Morgan fingerprint density at radius 2 is 2.57 bits per heavy atom. The van der Waals surface area contributed by atoms with Crippen LogP contribution in [0.15, 0.2) is 15.7 Å². The first-order chi connectivity index (χ1) is 6.72. The van der Waals surface area contributed by atoms with Crippen LogP contribution in [0.2, 0.25) is 0 Å². The number of amidine groups is 1. The molecule has 1 heterocycles. The lowest BCUT2D eigenvalue weighted by Gasteiger charge is -1.99. The van der Waals surface area contributed by atoms with Crippen LogP contribution in [0.5, 0.6) is 0 Å². The number of nitrogens with one attached hydrogen (secondary N) is 1. The van der Waals surface area contributed by atoms with Crippen LogP contribution in [0.25, 0.3) is 0 Å². The molecule has 0 saturated heterocycles. The van der Waals surface area contributed by atoms with Gasteiger partial charge in [0.15, 0.2) is 5.76 Å². The van der Waals surface area contributed by atoms with Crippen molar-refractivity contribution in [3.05, 3.63) is 17.5 Å². The van der Waals surface area contributed by atoms with Gasteiger partial charge in [0.1, 0.15) is 5.84 Å². The average molecular weight is 198 g/mol. The third-order valence-electron chi connectivity index (χ3n) is 1.66. The lowest BCUT2D eigenvalue weighted by atomic mass is 10.3. The van der Waals surface area contributed by atoms with Crippen LogP contribution in [0, 0.1) is 6.92 Å². The second-order valence-electron chi connectivity index (χ2n) is 2.95. The van der Waals surface area contributed by atoms with Gasteiger partial charge in [-0.05, 0) is 6.92 Å². The zero-order chi connectivity index (χ0) is 10.4. The maximum absolute atomic E-state index is 8.26. The molecule has 4 N–H and O–H groups in total. The Labute approximate surface area is 81.8 Å². The molecule has 0 saturated carbocycles. The fraction of sp³-hybridized carbons (Fsp3) is 0.500. The number of oxime groups is 1. The summed E-state index contributed by atoms with van der Waals surface area (Å²) in [7, 11) is 0. The van der Waals surface area contributed by atoms with E-state index in [0.29, 0.717) is 19.5 Å². The average Bonchev–Trinajstić information content (AvgIpc) is 2.58. The number of nitrogens with zero attached hydrogens (tertiary/aromatic N) is 2. The van der Waals surface area contributed by atoms with Crippen LogP contribution in [-0.4, -0.2) is 22.7 Å². The smallest absolute Gasteiger partial charge is 0.150 e. The molecule has 0 atom stereocenters. The van der Waals surface area contributed by atoms with Crippen molar-refractivity contribution in [2.75, 3.05) is 6.54 Å². The molecule has 0 aliphatic carbocycles. The summed E-state index contributed by atoms with van der Waals surface area (Å²) in [4.78, 5) is 0. The van der Waals surface area contributed by atoms with Gasteiger partial charge in [-0.2, -0.15) is 0 Å². The normalized spacial score (nSPS) is 11.9. The van der Waals surface area contributed by atoms with Gasteiger partial charge < -0.3 is 20.8 Å². The third-order valence-corrected chi connectivity index (χ3v) is 1.66. The van der Waals surface area contributed by atoms with Crippen LogP contribution in [0.3, 0.4) is 0 Å². The minimum absolute atomic E-state index is 0.214. The van der Waals surface area contributed by atoms with Gasteiger partial charge in [0.25, 0.3) is 0 Å². The summed E-state index contributed by atoms with van der Waals surface area (Å²) in [5.41, 5.74) is 6.14. The van der Waals surface area contributed by atoms with E-state index in [9.17, 15) is 0 Å². The second kappa shape index (κ2) is 5.23. The van der Waals surface area contributed by atoms with E-state index >= 15 is 0 Å².